The summed E-state index contributed by atoms with van der Waals surface area (Å²) in [6.45, 7) is 2.00. The number of aromatic nitrogens is 1. The molecule has 0 saturated carbocycles. The monoisotopic (exact) mass is 408 g/mol. The van der Waals surface area contributed by atoms with Gasteiger partial charge in [0.25, 0.3) is 5.91 Å². The van der Waals surface area contributed by atoms with Crippen LogP contribution < -0.4 is 5.32 Å². The number of alkyl halides is 3. The maximum atomic E-state index is 13.2. The minimum atomic E-state index is -4.40. The number of aryl methyl sites for hydroxylation is 1. The van der Waals surface area contributed by atoms with Gasteiger partial charge in [0, 0.05) is 12.1 Å². The molecular weight excluding hydrogens is 392 g/mol. The van der Waals surface area contributed by atoms with Crippen LogP contribution in [0.4, 0.5) is 17.6 Å². The Bertz CT molecular complexity index is 981. The quantitative estimate of drug-likeness (QED) is 0.586. The van der Waals surface area contributed by atoms with Crippen molar-refractivity contribution in [3.8, 4) is 10.6 Å². The van der Waals surface area contributed by atoms with Gasteiger partial charge in [-0.3, -0.25) is 4.79 Å². The molecule has 0 aliphatic heterocycles. The van der Waals surface area contributed by atoms with Gasteiger partial charge in [-0.15, -0.1) is 11.3 Å². The number of halogens is 4. The number of thiazole rings is 1. The summed E-state index contributed by atoms with van der Waals surface area (Å²) in [4.78, 5) is 17.1. The van der Waals surface area contributed by atoms with Gasteiger partial charge in [-0.25, -0.2) is 9.37 Å². The molecule has 28 heavy (non-hydrogen) atoms. The highest BCUT2D eigenvalue weighted by molar-refractivity contribution is 7.17. The minimum absolute atomic E-state index is 0.315. The highest BCUT2D eigenvalue weighted by atomic mass is 32.1. The van der Waals surface area contributed by atoms with Crippen LogP contribution in [-0.4, -0.2) is 17.4 Å². The molecule has 0 spiro atoms. The number of amides is 1. The standard InChI is InChI=1S/C20H16F4N2OS/c1-12-17(18(27)25-10-9-13-3-2-4-16(21)11-13)28-19(26-12)14-5-7-15(8-6-14)20(22,23)24/h2-8,11H,9-10H2,1H3,(H,25,27). The fraction of sp³-hybridized carbons (Fsp3) is 0.200. The molecule has 8 heteroatoms. The molecule has 0 radical (unpaired) electrons. The van der Waals surface area contributed by atoms with Crippen LogP contribution in [0.2, 0.25) is 0 Å². The summed E-state index contributed by atoms with van der Waals surface area (Å²) in [6, 6.07) is 10.8. The number of benzene rings is 2. The van der Waals surface area contributed by atoms with Crippen LogP contribution in [0.1, 0.15) is 26.5 Å². The zero-order chi connectivity index (χ0) is 20.3. The van der Waals surface area contributed by atoms with E-state index in [1.807, 2.05) is 0 Å². The van der Waals surface area contributed by atoms with Crippen LogP contribution in [0, 0.1) is 12.7 Å². The molecule has 1 heterocycles. The topological polar surface area (TPSA) is 42.0 Å². The molecule has 3 aromatic rings. The number of nitrogens with one attached hydrogen (secondary N) is 1. The van der Waals surface area contributed by atoms with Crippen molar-refractivity contribution in [3.63, 3.8) is 0 Å². The van der Waals surface area contributed by atoms with E-state index in [1.165, 1.54) is 24.3 Å². The third-order valence-electron chi connectivity index (χ3n) is 4.05. The number of nitrogens with zero attached hydrogens (tertiary/aromatic N) is 1. The van der Waals surface area contributed by atoms with Crippen molar-refractivity contribution in [2.75, 3.05) is 6.54 Å². The molecule has 0 saturated heterocycles. The third kappa shape index (κ3) is 4.75. The van der Waals surface area contributed by atoms with Crippen molar-refractivity contribution in [1.82, 2.24) is 10.3 Å². The fourth-order valence-electron chi connectivity index (χ4n) is 2.63. The first kappa shape index (κ1) is 20.0. The molecule has 0 aliphatic carbocycles. The third-order valence-corrected chi connectivity index (χ3v) is 5.26. The van der Waals surface area contributed by atoms with Crippen LogP contribution in [0.3, 0.4) is 0 Å². The Morgan fingerprint density at radius 1 is 1.14 bits per heavy atom. The van der Waals surface area contributed by atoms with E-state index < -0.39 is 11.7 Å². The summed E-state index contributed by atoms with van der Waals surface area (Å²) in [6.07, 6.45) is -3.92. The summed E-state index contributed by atoms with van der Waals surface area (Å²) in [7, 11) is 0. The van der Waals surface area contributed by atoms with Gasteiger partial charge in [-0.2, -0.15) is 13.2 Å². The minimum Gasteiger partial charge on any atom is -0.351 e. The van der Waals surface area contributed by atoms with E-state index in [2.05, 4.69) is 10.3 Å². The molecule has 1 N–H and O–H groups in total. The smallest absolute Gasteiger partial charge is 0.351 e. The molecule has 0 aliphatic rings. The lowest BCUT2D eigenvalue weighted by Crippen LogP contribution is -2.25. The lowest BCUT2D eigenvalue weighted by atomic mass is 10.1. The maximum absolute atomic E-state index is 13.2. The van der Waals surface area contributed by atoms with E-state index >= 15 is 0 Å². The predicted octanol–water partition coefficient (Wildman–Crippen LogP) is 5.25. The lowest BCUT2D eigenvalue weighted by Gasteiger charge is -2.06. The van der Waals surface area contributed by atoms with Crippen molar-refractivity contribution < 1.29 is 22.4 Å². The SMILES string of the molecule is Cc1nc(-c2ccc(C(F)(F)F)cc2)sc1C(=O)NCCc1cccc(F)c1. The summed E-state index contributed by atoms with van der Waals surface area (Å²) < 4.78 is 51.2. The van der Waals surface area contributed by atoms with E-state index in [0.717, 1.165) is 29.0 Å². The lowest BCUT2D eigenvalue weighted by molar-refractivity contribution is -0.137. The average Bonchev–Trinajstić information content (AvgIpc) is 3.03. The fourth-order valence-corrected chi connectivity index (χ4v) is 3.61. The second-order valence-corrected chi connectivity index (χ2v) is 7.14. The van der Waals surface area contributed by atoms with Crippen molar-refractivity contribution in [3.05, 3.63) is 76.0 Å². The van der Waals surface area contributed by atoms with Gasteiger partial charge in [0.15, 0.2) is 0 Å². The molecule has 2 aromatic carbocycles. The summed E-state index contributed by atoms with van der Waals surface area (Å²) in [5.74, 6) is -0.645. The van der Waals surface area contributed by atoms with E-state index in [4.69, 9.17) is 0 Å². The molecule has 3 rings (SSSR count). The maximum Gasteiger partial charge on any atom is 0.416 e. The van der Waals surface area contributed by atoms with E-state index in [0.29, 0.717) is 34.1 Å². The molecule has 3 nitrogen and oxygen atoms in total. The summed E-state index contributed by atoms with van der Waals surface area (Å²) in [5.41, 5.74) is 1.05. The van der Waals surface area contributed by atoms with Gasteiger partial charge in [0.05, 0.1) is 11.3 Å². The summed E-state index contributed by atoms with van der Waals surface area (Å²) >= 11 is 1.12. The Kier molecular flexibility index (Phi) is 5.79. The Morgan fingerprint density at radius 3 is 2.50 bits per heavy atom. The largest absolute Gasteiger partial charge is 0.416 e. The van der Waals surface area contributed by atoms with Crippen molar-refractivity contribution in [2.24, 2.45) is 0 Å². The van der Waals surface area contributed by atoms with E-state index in [-0.39, 0.29) is 11.7 Å². The van der Waals surface area contributed by atoms with Gasteiger partial charge < -0.3 is 5.32 Å². The average molecular weight is 408 g/mol. The first-order valence-electron chi connectivity index (χ1n) is 8.42. The number of rotatable bonds is 5. The van der Waals surface area contributed by atoms with E-state index in [9.17, 15) is 22.4 Å². The molecule has 0 bridgehead atoms. The Hall–Kier alpha value is -2.74. The Morgan fingerprint density at radius 2 is 1.86 bits per heavy atom. The highest BCUT2D eigenvalue weighted by Crippen LogP contribution is 2.32. The Balaban J connectivity index is 1.67. The Labute approximate surface area is 163 Å². The van der Waals surface area contributed by atoms with Gasteiger partial charge in [-0.1, -0.05) is 24.3 Å². The molecule has 1 amide bonds. The second kappa shape index (κ2) is 8.10. The first-order chi connectivity index (χ1) is 13.2. The van der Waals surface area contributed by atoms with Crippen molar-refractivity contribution in [2.45, 2.75) is 19.5 Å². The van der Waals surface area contributed by atoms with Gasteiger partial charge >= 0.3 is 6.18 Å². The van der Waals surface area contributed by atoms with Gasteiger partial charge in [0.1, 0.15) is 15.7 Å². The zero-order valence-electron chi connectivity index (χ0n) is 14.8. The van der Waals surface area contributed by atoms with Crippen LogP contribution in [0.25, 0.3) is 10.6 Å². The van der Waals surface area contributed by atoms with Crippen molar-refractivity contribution >= 4 is 17.2 Å². The first-order valence-corrected chi connectivity index (χ1v) is 9.23. The van der Waals surface area contributed by atoms with E-state index in [1.54, 1.807) is 19.1 Å². The second-order valence-electron chi connectivity index (χ2n) is 6.14. The van der Waals surface area contributed by atoms with Crippen LogP contribution in [0.15, 0.2) is 48.5 Å². The molecule has 0 atom stereocenters. The van der Waals surface area contributed by atoms with Gasteiger partial charge in [0.2, 0.25) is 0 Å². The number of carbonyl (C=O) groups excluding carboxylic acids is 1. The highest BCUT2D eigenvalue weighted by Gasteiger charge is 2.30. The van der Waals surface area contributed by atoms with Crippen LogP contribution in [-0.2, 0) is 12.6 Å². The van der Waals surface area contributed by atoms with Gasteiger partial charge in [-0.05, 0) is 43.2 Å². The molecule has 0 fully saturated rings. The number of hydrogen-bond acceptors (Lipinski definition) is 3. The zero-order valence-corrected chi connectivity index (χ0v) is 15.6. The molecule has 0 unspecified atom stereocenters. The molecule has 1 aromatic heterocycles. The number of carbonyl (C=O) groups is 1. The number of hydrogen-bond donors (Lipinski definition) is 1. The van der Waals surface area contributed by atoms with Crippen molar-refractivity contribution in [1.29, 1.82) is 0 Å². The predicted molar refractivity (Wildman–Crippen MR) is 99.7 cm³/mol. The molecule has 146 valence electrons. The normalized spacial score (nSPS) is 11.5. The van der Waals surface area contributed by atoms with Crippen LogP contribution >= 0.6 is 11.3 Å². The summed E-state index contributed by atoms with van der Waals surface area (Å²) in [5, 5.41) is 3.24. The van der Waals surface area contributed by atoms with Crippen LogP contribution in [0.5, 0.6) is 0 Å². The molecular formula is C20H16F4N2OS.